The molecule has 0 spiro atoms. The van der Waals surface area contributed by atoms with E-state index in [9.17, 15) is 19.7 Å². The number of nitrogens with one attached hydrogen (secondary N) is 1. The number of fused-ring (bicyclic) bond motifs is 2. The molecule has 0 bridgehead atoms. The molecule has 1 atom stereocenters. The second-order valence-electron chi connectivity index (χ2n) is 5.68. The van der Waals surface area contributed by atoms with Gasteiger partial charge in [-0.3, -0.25) is 25.0 Å². The number of rotatable bonds is 2. The SMILES string of the molecule is O=C1CCC(c2noc3cc4cccc([N+](=O)[O-])c4cc23)C(=O)N1. The molecule has 0 aliphatic carbocycles. The summed E-state index contributed by atoms with van der Waals surface area (Å²) in [6, 6.07) is 8.06. The van der Waals surface area contributed by atoms with E-state index in [1.807, 2.05) is 0 Å². The Labute approximate surface area is 134 Å². The Morgan fingerprint density at radius 2 is 2.08 bits per heavy atom. The van der Waals surface area contributed by atoms with Gasteiger partial charge in [-0.15, -0.1) is 0 Å². The topological polar surface area (TPSA) is 115 Å². The van der Waals surface area contributed by atoms with E-state index in [1.165, 1.54) is 6.07 Å². The van der Waals surface area contributed by atoms with Crippen LogP contribution in [0.3, 0.4) is 0 Å². The van der Waals surface area contributed by atoms with Gasteiger partial charge >= 0.3 is 0 Å². The number of nitro groups is 1. The van der Waals surface area contributed by atoms with Crippen LogP contribution < -0.4 is 5.32 Å². The average Bonchev–Trinajstić information content (AvgIpc) is 2.95. The predicted molar refractivity (Wildman–Crippen MR) is 83.3 cm³/mol. The van der Waals surface area contributed by atoms with Gasteiger partial charge in [0.1, 0.15) is 5.69 Å². The van der Waals surface area contributed by atoms with Crippen LogP contribution in [0.5, 0.6) is 0 Å². The zero-order chi connectivity index (χ0) is 16.8. The van der Waals surface area contributed by atoms with Crippen molar-refractivity contribution in [2.45, 2.75) is 18.8 Å². The smallest absolute Gasteiger partial charge is 0.277 e. The fourth-order valence-electron chi connectivity index (χ4n) is 3.08. The van der Waals surface area contributed by atoms with Gasteiger partial charge in [0, 0.05) is 17.9 Å². The minimum absolute atomic E-state index is 0.0233. The van der Waals surface area contributed by atoms with Crippen LogP contribution in [0.2, 0.25) is 0 Å². The van der Waals surface area contributed by atoms with E-state index in [0.717, 1.165) is 0 Å². The highest BCUT2D eigenvalue weighted by atomic mass is 16.6. The maximum absolute atomic E-state index is 12.1. The highest BCUT2D eigenvalue weighted by Gasteiger charge is 2.32. The molecule has 3 aromatic rings. The lowest BCUT2D eigenvalue weighted by atomic mass is 9.92. The number of nitrogens with zero attached hydrogens (tertiary/aromatic N) is 2. The number of carbonyl (C=O) groups excluding carboxylic acids is 2. The van der Waals surface area contributed by atoms with Crippen molar-refractivity contribution in [2.24, 2.45) is 0 Å². The number of aromatic nitrogens is 1. The van der Waals surface area contributed by atoms with E-state index in [2.05, 4.69) is 10.5 Å². The van der Waals surface area contributed by atoms with Crippen LogP contribution in [0.4, 0.5) is 5.69 Å². The van der Waals surface area contributed by atoms with Gasteiger partial charge in [0.15, 0.2) is 5.58 Å². The Hall–Kier alpha value is -3.29. The summed E-state index contributed by atoms with van der Waals surface area (Å²) < 4.78 is 5.30. The largest absolute Gasteiger partial charge is 0.356 e. The number of carbonyl (C=O) groups is 2. The summed E-state index contributed by atoms with van der Waals surface area (Å²) in [5.41, 5.74) is 0.822. The van der Waals surface area contributed by atoms with Gasteiger partial charge in [-0.1, -0.05) is 17.3 Å². The van der Waals surface area contributed by atoms with Crippen LogP contribution in [0.15, 0.2) is 34.9 Å². The van der Waals surface area contributed by atoms with E-state index < -0.39 is 16.7 Å². The minimum Gasteiger partial charge on any atom is -0.356 e. The van der Waals surface area contributed by atoms with Crippen molar-refractivity contribution in [2.75, 3.05) is 0 Å². The van der Waals surface area contributed by atoms with Crippen LogP contribution >= 0.6 is 0 Å². The molecule has 24 heavy (non-hydrogen) atoms. The summed E-state index contributed by atoms with van der Waals surface area (Å²) in [6.45, 7) is 0. The number of nitro benzene ring substituents is 1. The molecule has 4 rings (SSSR count). The molecule has 1 N–H and O–H groups in total. The molecule has 8 heteroatoms. The van der Waals surface area contributed by atoms with Crippen LogP contribution in [0.25, 0.3) is 21.7 Å². The number of hydrogen-bond acceptors (Lipinski definition) is 6. The van der Waals surface area contributed by atoms with Crippen molar-refractivity contribution in [3.05, 3.63) is 46.1 Å². The van der Waals surface area contributed by atoms with E-state index >= 15 is 0 Å². The fraction of sp³-hybridized carbons (Fsp3) is 0.188. The highest BCUT2D eigenvalue weighted by Crippen LogP contribution is 2.35. The normalized spacial score (nSPS) is 18.1. The lowest BCUT2D eigenvalue weighted by Gasteiger charge is -2.18. The third kappa shape index (κ3) is 2.11. The lowest BCUT2D eigenvalue weighted by Crippen LogP contribution is -2.39. The Morgan fingerprint density at radius 1 is 1.25 bits per heavy atom. The van der Waals surface area contributed by atoms with Crippen LogP contribution in [0.1, 0.15) is 24.5 Å². The molecule has 2 aromatic carbocycles. The number of piperidine rings is 1. The quantitative estimate of drug-likeness (QED) is 0.439. The average molecular weight is 325 g/mol. The standard InChI is InChI=1S/C16H11N3O5/c20-14-5-4-9(16(21)17-14)15-11-7-10-8(6-13(11)24-18-15)2-1-3-12(10)19(22)23/h1-3,6-7,9H,4-5H2,(H,17,20,21). The summed E-state index contributed by atoms with van der Waals surface area (Å²) in [6.07, 6.45) is 0.555. The van der Waals surface area contributed by atoms with Gasteiger partial charge in [-0.2, -0.15) is 0 Å². The molecule has 0 saturated carbocycles. The molecular formula is C16H11N3O5. The van der Waals surface area contributed by atoms with Gasteiger partial charge in [-0.25, -0.2) is 0 Å². The van der Waals surface area contributed by atoms with Crippen LogP contribution in [-0.4, -0.2) is 21.9 Å². The first-order valence-corrected chi connectivity index (χ1v) is 7.35. The van der Waals surface area contributed by atoms with Crippen molar-refractivity contribution in [1.29, 1.82) is 0 Å². The zero-order valence-electron chi connectivity index (χ0n) is 12.3. The van der Waals surface area contributed by atoms with Gasteiger partial charge in [0.05, 0.1) is 16.2 Å². The molecule has 120 valence electrons. The van der Waals surface area contributed by atoms with Gasteiger partial charge in [0.2, 0.25) is 11.8 Å². The van der Waals surface area contributed by atoms with Gasteiger partial charge in [-0.05, 0) is 23.9 Å². The molecule has 0 radical (unpaired) electrons. The number of amides is 2. The first-order chi connectivity index (χ1) is 11.5. The third-order valence-electron chi connectivity index (χ3n) is 4.24. The summed E-state index contributed by atoms with van der Waals surface area (Å²) in [7, 11) is 0. The molecule has 1 aliphatic rings. The number of non-ortho nitro benzene ring substituents is 1. The maximum Gasteiger partial charge on any atom is 0.277 e. The summed E-state index contributed by atoms with van der Waals surface area (Å²) in [5.74, 6) is -1.35. The van der Waals surface area contributed by atoms with Gasteiger partial charge in [0.25, 0.3) is 5.69 Å². The summed E-state index contributed by atoms with van der Waals surface area (Å²) >= 11 is 0. The maximum atomic E-state index is 12.1. The Morgan fingerprint density at radius 3 is 2.83 bits per heavy atom. The summed E-state index contributed by atoms with van der Waals surface area (Å²) in [4.78, 5) is 34.1. The lowest BCUT2D eigenvalue weighted by molar-refractivity contribution is -0.383. The zero-order valence-corrected chi connectivity index (χ0v) is 12.3. The first-order valence-electron chi connectivity index (χ1n) is 7.35. The van der Waals surface area contributed by atoms with E-state index in [4.69, 9.17) is 4.52 Å². The Balaban J connectivity index is 1.92. The molecule has 8 nitrogen and oxygen atoms in total. The number of hydrogen-bond donors (Lipinski definition) is 1. The molecule has 1 unspecified atom stereocenters. The molecule has 1 aromatic heterocycles. The molecule has 2 heterocycles. The third-order valence-corrected chi connectivity index (χ3v) is 4.24. The van der Waals surface area contributed by atoms with Crippen molar-refractivity contribution < 1.29 is 19.0 Å². The van der Waals surface area contributed by atoms with Crippen molar-refractivity contribution in [1.82, 2.24) is 10.5 Å². The monoisotopic (exact) mass is 325 g/mol. The van der Waals surface area contributed by atoms with Crippen LogP contribution in [-0.2, 0) is 9.59 Å². The minimum atomic E-state index is -0.607. The van der Waals surface area contributed by atoms with E-state index in [0.29, 0.717) is 33.9 Å². The number of imide groups is 1. The first kappa shape index (κ1) is 14.3. The van der Waals surface area contributed by atoms with Crippen molar-refractivity contribution in [3.63, 3.8) is 0 Å². The van der Waals surface area contributed by atoms with Crippen molar-refractivity contribution in [3.8, 4) is 0 Å². The highest BCUT2D eigenvalue weighted by molar-refractivity contribution is 6.05. The van der Waals surface area contributed by atoms with Gasteiger partial charge < -0.3 is 4.52 Å². The molecule has 2 amide bonds. The summed E-state index contributed by atoms with van der Waals surface area (Å²) in [5, 5.41) is 19.1. The number of benzene rings is 2. The van der Waals surface area contributed by atoms with E-state index in [1.54, 1.807) is 24.3 Å². The van der Waals surface area contributed by atoms with Crippen LogP contribution in [0, 0.1) is 10.1 Å². The van der Waals surface area contributed by atoms with E-state index in [-0.39, 0.29) is 18.0 Å². The Kier molecular flexibility index (Phi) is 3.05. The molecule has 1 aliphatic heterocycles. The second-order valence-corrected chi connectivity index (χ2v) is 5.68. The fourth-order valence-corrected chi connectivity index (χ4v) is 3.08. The predicted octanol–water partition coefficient (Wildman–Crippen LogP) is 2.41. The molecular weight excluding hydrogens is 314 g/mol. The molecule has 1 fully saturated rings. The van der Waals surface area contributed by atoms with Crippen molar-refractivity contribution >= 4 is 39.2 Å². The second kappa shape index (κ2) is 5.12. The molecule has 1 saturated heterocycles. The Bertz CT molecular complexity index is 1020.